The first-order valence-corrected chi connectivity index (χ1v) is 1.78. The normalized spacial score (nSPS) is 7.00. The standard InChI is InChI=1S/C4H9O.K.H/c1-3-5-4-2;;/h1,3-4H2,2H3;;. The number of ether oxygens (including phenoxy) is 1. The van der Waals surface area contributed by atoms with Gasteiger partial charge in [0.1, 0.15) is 0 Å². The fourth-order valence-corrected chi connectivity index (χ4v) is 0.144. The maximum absolute atomic E-state index is 4.72. The molecule has 0 spiro atoms. The second-order valence-electron chi connectivity index (χ2n) is 0.697. The Labute approximate surface area is 81.9 Å². The molecule has 33 valence electrons. The van der Waals surface area contributed by atoms with Gasteiger partial charge in [0.05, 0.1) is 0 Å². The molecular weight excluding hydrogens is 103 g/mol. The summed E-state index contributed by atoms with van der Waals surface area (Å²) in [5.41, 5.74) is 0. The van der Waals surface area contributed by atoms with Crippen LogP contribution in [0.1, 0.15) is 6.92 Å². The zero-order valence-electron chi connectivity index (χ0n) is 3.53. The SMILES string of the molecule is [CH2]COCC.[KH]. The molecule has 0 aliphatic heterocycles. The molecule has 1 nitrogen and oxygen atoms in total. The van der Waals surface area contributed by atoms with Crippen LogP contribution in [0.3, 0.4) is 0 Å². The molecule has 1 radical (unpaired) electrons. The Morgan fingerprint density at radius 1 is 1.67 bits per heavy atom. The second kappa shape index (κ2) is 9.78. The third-order valence-corrected chi connectivity index (χ3v) is 0.348. The van der Waals surface area contributed by atoms with Crippen LogP contribution in [0.15, 0.2) is 0 Å². The molecule has 0 atom stereocenters. The molecule has 0 fully saturated rings. The Bertz CT molecular complexity index is 15.0. The van der Waals surface area contributed by atoms with Gasteiger partial charge >= 0.3 is 51.4 Å². The van der Waals surface area contributed by atoms with Crippen LogP contribution in [0, 0.1) is 6.92 Å². The first-order valence-electron chi connectivity index (χ1n) is 1.78. The van der Waals surface area contributed by atoms with E-state index in [0.29, 0.717) is 6.61 Å². The summed E-state index contributed by atoms with van der Waals surface area (Å²) in [6.07, 6.45) is 0. The van der Waals surface area contributed by atoms with Gasteiger partial charge in [-0.05, 0) is 13.8 Å². The second-order valence-corrected chi connectivity index (χ2v) is 0.697. The Morgan fingerprint density at radius 3 is 2.17 bits per heavy atom. The van der Waals surface area contributed by atoms with E-state index < -0.39 is 0 Å². The molecular formula is C4H10KO. The van der Waals surface area contributed by atoms with Gasteiger partial charge in [0.2, 0.25) is 0 Å². The van der Waals surface area contributed by atoms with E-state index in [1.807, 2.05) is 6.92 Å². The molecule has 0 aliphatic rings. The van der Waals surface area contributed by atoms with Crippen molar-refractivity contribution in [2.45, 2.75) is 6.92 Å². The molecule has 6 heavy (non-hydrogen) atoms. The van der Waals surface area contributed by atoms with Crippen molar-refractivity contribution in [2.75, 3.05) is 13.2 Å². The summed E-state index contributed by atoms with van der Waals surface area (Å²) < 4.78 is 4.72. The predicted octanol–water partition coefficient (Wildman–Crippen LogP) is 0.208. The van der Waals surface area contributed by atoms with Gasteiger partial charge in [-0.15, -0.1) is 0 Å². The van der Waals surface area contributed by atoms with Crippen LogP contribution in [0.4, 0.5) is 0 Å². The molecule has 0 aromatic heterocycles. The van der Waals surface area contributed by atoms with E-state index in [4.69, 9.17) is 4.74 Å². The average molecular weight is 113 g/mol. The van der Waals surface area contributed by atoms with E-state index in [-0.39, 0.29) is 51.4 Å². The number of rotatable bonds is 2. The third kappa shape index (κ3) is 9.14. The third-order valence-electron chi connectivity index (χ3n) is 0.348. The van der Waals surface area contributed by atoms with Gasteiger partial charge in [-0.2, -0.15) is 0 Å². The average Bonchev–Trinajstić information content (AvgIpc) is 1.41. The van der Waals surface area contributed by atoms with Gasteiger partial charge in [0.15, 0.2) is 0 Å². The topological polar surface area (TPSA) is 9.23 Å². The number of hydrogen-bond acceptors (Lipinski definition) is 1. The summed E-state index contributed by atoms with van der Waals surface area (Å²) >= 11 is 0. The van der Waals surface area contributed by atoms with E-state index in [1.54, 1.807) is 0 Å². The molecule has 0 saturated carbocycles. The van der Waals surface area contributed by atoms with Crippen molar-refractivity contribution in [1.82, 2.24) is 0 Å². The van der Waals surface area contributed by atoms with E-state index in [2.05, 4.69) is 6.92 Å². The van der Waals surface area contributed by atoms with Crippen molar-refractivity contribution in [1.29, 1.82) is 0 Å². The van der Waals surface area contributed by atoms with Gasteiger partial charge in [-0.3, -0.25) is 0 Å². The molecule has 0 amide bonds. The Balaban J connectivity index is 0. The summed E-state index contributed by atoms with van der Waals surface area (Å²) in [5, 5.41) is 0. The van der Waals surface area contributed by atoms with Gasteiger partial charge in [-0.25, -0.2) is 0 Å². The summed E-state index contributed by atoms with van der Waals surface area (Å²) in [5.74, 6) is 0. The predicted molar refractivity (Wildman–Crippen MR) is 29.0 cm³/mol. The van der Waals surface area contributed by atoms with Crippen LogP contribution >= 0.6 is 0 Å². The minimum absolute atomic E-state index is 0. The van der Waals surface area contributed by atoms with Crippen molar-refractivity contribution in [3.05, 3.63) is 6.92 Å². The van der Waals surface area contributed by atoms with Crippen LogP contribution < -0.4 is 0 Å². The zero-order valence-corrected chi connectivity index (χ0v) is 3.53. The van der Waals surface area contributed by atoms with Crippen molar-refractivity contribution in [3.63, 3.8) is 0 Å². The molecule has 2 heteroatoms. The van der Waals surface area contributed by atoms with E-state index in [9.17, 15) is 0 Å². The quantitative estimate of drug-likeness (QED) is 0.465. The number of hydrogen-bond donors (Lipinski definition) is 0. The molecule has 0 N–H and O–H groups in total. The molecule has 0 aromatic carbocycles. The fourth-order valence-electron chi connectivity index (χ4n) is 0.144. The Hall–Kier alpha value is 1.60. The monoisotopic (exact) mass is 113 g/mol. The molecule has 0 unspecified atom stereocenters. The molecule has 0 saturated heterocycles. The molecule has 0 heterocycles. The Kier molecular flexibility index (Phi) is 17.2. The van der Waals surface area contributed by atoms with Crippen LogP contribution in [0.5, 0.6) is 0 Å². The zero-order chi connectivity index (χ0) is 4.12. The van der Waals surface area contributed by atoms with Gasteiger partial charge in [0.25, 0.3) is 0 Å². The summed E-state index contributed by atoms with van der Waals surface area (Å²) in [7, 11) is 0. The van der Waals surface area contributed by atoms with E-state index in [1.165, 1.54) is 0 Å². The Morgan fingerprint density at radius 2 is 2.17 bits per heavy atom. The molecule has 0 aliphatic carbocycles. The van der Waals surface area contributed by atoms with Crippen LogP contribution in [0.2, 0.25) is 0 Å². The van der Waals surface area contributed by atoms with Gasteiger partial charge in [-0.1, -0.05) is 0 Å². The van der Waals surface area contributed by atoms with Crippen LogP contribution in [0.25, 0.3) is 0 Å². The van der Waals surface area contributed by atoms with E-state index in [0.717, 1.165) is 6.61 Å². The van der Waals surface area contributed by atoms with Crippen LogP contribution in [-0.4, -0.2) is 64.6 Å². The van der Waals surface area contributed by atoms with Crippen molar-refractivity contribution in [2.24, 2.45) is 0 Å². The molecule has 0 aromatic rings. The van der Waals surface area contributed by atoms with Crippen molar-refractivity contribution in [3.8, 4) is 0 Å². The van der Waals surface area contributed by atoms with Crippen molar-refractivity contribution >= 4 is 51.4 Å². The minimum atomic E-state index is 0. The van der Waals surface area contributed by atoms with Gasteiger partial charge < -0.3 is 4.74 Å². The summed E-state index contributed by atoms with van der Waals surface area (Å²) in [6, 6.07) is 0. The van der Waals surface area contributed by atoms with Gasteiger partial charge in [0, 0.05) is 13.2 Å². The summed E-state index contributed by atoms with van der Waals surface area (Å²) in [4.78, 5) is 0. The van der Waals surface area contributed by atoms with Crippen molar-refractivity contribution < 1.29 is 4.74 Å². The summed E-state index contributed by atoms with van der Waals surface area (Å²) in [6.45, 7) is 6.78. The molecule has 0 rings (SSSR count). The van der Waals surface area contributed by atoms with Crippen LogP contribution in [-0.2, 0) is 4.74 Å². The van der Waals surface area contributed by atoms with E-state index >= 15 is 0 Å². The maximum atomic E-state index is 4.72. The first kappa shape index (κ1) is 10.6. The fraction of sp³-hybridized carbons (Fsp3) is 0.750. The first-order chi connectivity index (χ1) is 2.41. The molecule has 0 bridgehead atoms.